The van der Waals surface area contributed by atoms with Crippen molar-refractivity contribution in [2.75, 3.05) is 18.1 Å². The molecule has 2 heterocycles. The van der Waals surface area contributed by atoms with Crippen molar-refractivity contribution in [2.24, 2.45) is 5.92 Å². The van der Waals surface area contributed by atoms with Gasteiger partial charge in [-0.05, 0) is 60.7 Å². The largest absolute Gasteiger partial charge is 0.494 e. The van der Waals surface area contributed by atoms with Crippen molar-refractivity contribution in [2.45, 2.75) is 26.8 Å². The van der Waals surface area contributed by atoms with E-state index >= 15 is 0 Å². The van der Waals surface area contributed by atoms with Gasteiger partial charge in [0.1, 0.15) is 5.75 Å². The van der Waals surface area contributed by atoms with Gasteiger partial charge in [0.05, 0.1) is 24.8 Å². The molecular formula is C22H24N6O3. The number of hydrogen-bond acceptors (Lipinski definition) is 6. The van der Waals surface area contributed by atoms with Crippen LogP contribution in [-0.4, -0.2) is 45.2 Å². The Hall–Kier alpha value is -3.75. The fourth-order valence-corrected chi connectivity index (χ4v) is 3.53. The maximum atomic E-state index is 12.7. The maximum Gasteiger partial charge on any atom is 0.227 e. The molecule has 4 rings (SSSR count). The van der Waals surface area contributed by atoms with Crippen molar-refractivity contribution < 1.29 is 14.3 Å². The molecule has 160 valence electrons. The van der Waals surface area contributed by atoms with Gasteiger partial charge in [0.2, 0.25) is 11.8 Å². The van der Waals surface area contributed by atoms with Gasteiger partial charge in [-0.15, -0.1) is 5.10 Å². The molecule has 1 N–H and O–H groups in total. The standard InChI is InChI=1S/C22H24N6O3/c1-3-31-19-10-8-18(9-11-19)28-20(24-25-26-28)13-23-22(30)16-12-21(29)27(14-16)17-6-4-15(2)5-7-17/h4-11,16H,3,12-14H2,1-2H3,(H,23,30)/t16-/m0/s1. The Morgan fingerprint density at radius 1 is 1.13 bits per heavy atom. The molecule has 9 nitrogen and oxygen atoms in total. The molecule has 1 fully saturated rings. The van der Waals surface area contributed by atoms with Crippen LogP contribution in [0, 0.1) is 12.8 Å². The Labute approximate surface area is 180 Å². The molecule has 0 bridgehead atoms. The Kier molecular flexibility index (Phi) is 5.92. The summed E-state index contributed by atoms with van der Waals surface area (Å²) in [6.45, 7) is 5.03. The number of amides is 2. The van der Waals surface area contributed by atoms with E-state index in [1.165, 1.54) is 0 Å². The Morgan fingerprint density at radius 3 is 2.55 bits per heavy atom. The Bertz CT molecular complexity index is 1060. The quantitative estimate of drug-likeness (QED) is 0.628. The summed E-state index contributed by atoms with van der Waals surface area (Å²) in [6.07, 6.45) is 0.184. The van der Waals surface area contributed by atoms with Crippen LogP contribution in [0.15, 0.2) is 48.5 Å². The van der Waals surface area contributed by atoms with Gasteiger partial charge in [0, 0.05) is 18.7 Å². The van der Waals surface area contributed by atoms with Gasteiger partial charge in [-0.3, -0.25) is 9.59 Å². The zero-order valence-electron chi connectivity index (χ0n) is 17.5. The van der Waals surface area contributed by atoms with E-state index in [0.717, 1.165) is 22.7 Å². The van der Waals surface area contributed by atoms with E-state index in [9.17, 15) is 9.59 Å². The maximum absolute atomic E-state index is 12.7. The highest BCUT2D eigenvalue weighted by Crippen LogP contribution is 2.25. The molecule has 31 heavy (non-hydrogen) atoms. The van der Waals surface area contributed by atoms with E-state index in [1.807, 2.05) is 62.4 Å². The number of carbonyl (C=O) groups is 2. The number of nitrogens with zero attached hydrogens (tertiary/aromatic N) is 5. The third-order valence-electron chi connectivity index (χ3n) is 5.19. The lowest BCUT2D eigenvalue weighted by Gasteiger charge is -2.17. The van der Waals surface area contributed by atoms with Gasteiger partial charge in [-0.25, -0.2) is 0 Å². The fraction of sp³-hybridized carbons (Fsp3) is 0.318. The van der Waals surface area contributed by atoms with Crippen LogP contribution >= 0.6 is 0 Å². The minimum atomic E-state index is -0.413. The fourth-order valence-electron chi connectivity index (χ4n) is 3.53. The van der Waals surface area contributed by atoms with E-state index < -0.39 is 5.92 Å². The number of carbonyl (C=O) groups excluding carboxylic acids is 2. The third-order valence-corrected chi connectivity index (χ3v) is 5.19. The molecule has 0 unspecified atom stereocenters. The van der Waals surface area contributed by atoms with Crippen molar-refractivity contribution in [3.8, 4) is 11.4 Å². The molecule has 0 radical (unpaired) electrons. The summed E-state index contributed by atoms with van der Waals surface area (Å²) >= 11 is 0. The summed E-state index contributed by atoms with van der Waals surface area (Å²) in [6, 6.07) is 15.1. The predicted molar refractivity (Wildman–Crippen MR) is 114 cm³/mol. The van der Waals surface area contributed by atoms with Gasteiger partial charge in [-0.1, -0.05) is 17.7 Å². The molecule has 9 heteroatoms. The zero-order chi connectivity index (χ0) is 21.8. The van der Waals surface area contributed by atoms with Crippen molar-refractivity contribution in [1.82, 2.24) is 25.5 Å². The average Bonchev–Trinajstić information content (AvgIpc) is 3.40. The lowest BCUT2D eigenvalue weighted by Crippen LogP contribution is -2.33. The van der Waals surface area contributed by atoms with Crippen LogP contribution in [0.4, 0.5) is 5.69 Å². The van der Waals surface area contributed by atoms with E-state index in [2.05, 4.69) is 20.8 Å². The van der Waals surface area contributed by atoms with Crippen molar-refractivity contribution in [3.63, 3.8) is 0 Å². The van der Waals surface area contributed by atoms with Crippen LogP contribution < -0.4 is 15.0 Å². The second-order valence-corrected chi connectivity index (χ2v) is 7.39. The first kappa shape index (κ1) is 20.5. The van der Waals surface area contributed by atoms with E-state index in [1.54, 1.807) is 9.58 Å². The number of hydrogen-bond donors (Lipinski definition) is 1. The van der Waals surface area contributed by atoms with Crippen molar-refractivity contribution in [3.05, 3.63) is 59.9 Å². The van der Waals surface area contributed by atoms with E-state index in [-0.39, 0.29) is 24.8 Å². The molecule has 1 aromatic heterocycles. The first-order chi connectivity index (χ1) is 15.0. The average molecular weight is 420 g/mol. The summed E-state index contributed by atoms with van der Waals surface area (Å²) in [5.74, 6) is 0.603. The second kappa shape index (κ2) is 8.95. The number of ether oxygens (including phenoxy) is 1. The highest BCUT2D eigenvalue weighted by molar-refractivity contribution is 6.00. The lowest BCUT2D eigenvalue weighted by molar-refractivity contribution is -0.126. The summed E-state index contributed by atoms with van der Waals surface area (Å²) in [5.41, 5.74) is 2.69. The van der Waals surface area contributed by atoms with Gasteiger partial charge >= 0.3 is 0 Å². The van der Waals surface area contributed by atoms with Crippen LogP contribution in [0.5, 0.6) is 5.75 Å². The third kappa shape index (κ3) is 4.55. The number of aryl methyl sites for hydroxylation is 1. The minimum Gasteiger partial charge on any atom is -0.494 e. The van der Waals surface area contributed by atoms with Gasteiger partial charge < -0.3 is 15.0 Å². The molecule has 1 atom stereocenters. The van der Waals surface area contributed by atoms with Gasteiger partial charge in [0.25, 0.3) is 0 Å². The molecule has 1 saturated heterocycles. The van der Waals surface area contributed by atoms with Crippen LogP contribution in [0.1, 0.15) is 24.7 Å². The molecule has 0 spiro atoms. The van der Waals surface area contributed by atoms with Gasteiger partial charge in [0.15, 0.2) is 5.82 Å². The normalized spacial score (nSPS) is 15.9. The minimum absolute atomic E-state index is 0.0526. The summed E-state index contributed by atoms with van der Waals surface area (Å²) in [7, 11) is 0. The SMILES string of the molecule is CCOc1ccc(-n2nnnc2CNC(=O)[C@H]2CC(=O)N(c3ccc(C)cc3)C2)cc1. The molecule has 1 aliphatic rings. The molecule has 2 aromatic carbocycles. The summed E-state index contributed by atoms with van der Waals surface area (Å²) in [4.78, 5) is 26.8. The number of rotatable bonds is 7. The molecule has 0 aliphatic carbocycles. The molecule has 0 saturated carbocycles. The smallest absolute Gasteiger partial charge is 0.227 e. The molecule has 3 aromatic rings. The predicted octanol–water partition coefficient (Wildman–Crippen LogP) is 2.04. The number of anilines is 1. The first-order valence-corrected chi connectivity index (χ1v) is 10.2. The number of aromatic nitrogens is 4. The highest BCUT2D eigenvalue weighted by atomic mass is 16.5. The Morgan fingerprint density at radius 2 is 1.84 bits per heavy atom. The van der Waals surface area contributed by atoms with Crippen LogP contribution in [0.3, 0.4) is 0 Å². The first-order valence-electron chi connectivity index (χ1n) is 10.2. The van der Waals surface area contributed by atoms with E-state index in [0.29, 0.717) is 19.0 Å². The molecular weight excluding hydrogens is 396 g/mol. The van der Waals surface area contributed by atoms with Crippen LogP contribution in [-0.2, 0) is 16.1 Å². The van der Waals surface area contributed by atoms with Crippen LogP contribution in [0.25, 0.3) is 5.69 Å². The number of benzene rings is 2. The lowest BCUT2D eigenvalue weighted by atomic mass is 10.1. The Balaban J connectivity index is 1.38. The van der Waals surface area contributed by atoms with Crippen LogP contribution in [0.2, 0.25) is 0 Å². The number of nitrogens with one attached hydrogen (secondary N) is 1. The van der Waals surface area contributed by atoms with E-state index in [4.69, 9.17) is 4.74 Å². The monoisotopic (exact) mass is 420 g/mol. The van der Waals surface area contributed by atoms with Crippen molar-refractivity contribution >= 4 is 17.5 Å². The van der Waals surface area contributed by atoms with Crippen molar-refractivity contribution in [1.29, 1.82) is 0 Å². The van der Waals surface area contributed by atoms with Gasteiger partial charge in [-0.2, -0.15) is 4.68 Å². The number of tetrazole rings is 1. The molecule has 1 aliphatic heterocycles. The molecule has 2 amide bonds. The zero-order valence-corrected chi connectivity index (χ0v) is 17.5. The highest BCUT2D eigenvalue weighted by Gasteiger charge is 2.35. The summed E-state index contributed by atoms with van der Waals surface area (Å²) < 4.78 is 7.01. The summed E-state index contributed by atoms with van der Waals surface area (Å²) in [5, 5.41) is 14.6. The topological polar surface area (TPSA) is 102 Å². The second-order valence-electron chi connectivity index (χ2n) is 7.39.